The number of para-hydroxylation sites is 2. The lowest BCUT2D eigenvalue weighted by atomic mass is 9.93. The van der Waals surface area contributed by atoms with Gasteiger partial charge >= 0.3 is 0 Å². The molecule has 44 heavy (non-hydrogen) atoms. The highest BCUT2D eigenvalue weighted by Gasteiger charge is 2.25. The van der Waals surface area contributed by atoms with Crippen LogP contribution in [-0.4, -0.2) is 0 Å². The highest BCUT2D eigenvalue weighted by atomic mass is 15.2. The predicted octanol–water partition coefficient (Wildman–Crippen LogP) is 12.2. The van der Waals surface area contributed by atoms with Crippen LogP contribution in [0, 0.1) is 27.7 Å². The van der Waals surface area contributed by atoms with E-state index < -0.39 is 0 Å². The van der Waals surface area contributed by atoms with Crippen molar-refractivity contribution in [2.75, 3.05) is 9.80 Å². The predicted molar refractivity (Wildman–Crippen MR) is 190 cm³/mol. The Morgan fingerprint density at radius 2 is 0.614 bits per heavy atom. The zero-order chi connectivity index (χ0) is 30.2. The van der Waals surface area contributed by atoms with Gasteiger partial charge in [0.1, 0.15) is 0 Å². The highest BCUT2D eigenvalue weighted by Crippen LogP contribution is 2.51. The molecular formula is C42H36N2. The number of aryl methyl sites for hydroxylation is 4. The first-order chi connectivity index (χ1) is 21.5. The lowest BCUT2D eigenvalue weighted by Gasteiger charge is -2.33. The maximum absolute atomic E-state index is 2.44. The van der Waals surface area contributed by atoms with Gasteiger partial charge in [0.25, 0.3) is 0 Å². The molecule has 7 aromatic rings. The molecule has 0 unspecified atom stereocenters. The second-order valence-electron chi connectivity index (χ2n) is 11.8. The van der Waals surface area contributed by atoms with Crippen molar-refractivity contribution in [3.63, 3.8) is 0 Å². The summed E-state index contributed by atoms with van der Waals surface area (Å²) in [4.78, 5) is 4.86. The average molecular weight is 569 g/mol. The van der Waals surface area contributed by atoms with Gasteiger partial charge in [0.05, 0.1) is 11.4 Å². The zero-order valence-electron chi connectivity index (χ0n) is 25.8. The maximum Gasteiger partial charge on any atom is 0.0620 e. The summed E-state index contributed by atoms with van der Waals surface area (Å²) in [5, 5.41) is 4.85. The van der Waals surface area contributed by atoms with E-state index in [0.717, 1.165) is 22.7 Å². The van der Waals surface area contributed by atoms with Crippen LogP contribution in [0.5, 0.6) is 0 Å². The molecule has 0 bridgehead atoms. The van der Waals surface area contributed by atoms with Crippen molar-refractivity contribution in [3.8, 4) is 0 Å². The van der Waals surface area contributed by atoms with E-state index in [4.69, 9.17) is 0 Å². The molecule has 0 aromatic heterocycles. The number of benzene rings is 7. The fourth-order valence-electron chi connectivity index (χ4n) is 6.25. The topological polar surface area (TPSA) is 6.48 Å². The minimum Gasteiger partial charge on any atom is -0.309 e. The molecule has 0 aliphatic carbocycles. The lowest BCUT2D eigenvalue weighted by Crippen LogP contribution is -2.14. The largest absolute Gasteiger partial charge is 0.309 e. The lowest BCUT2D eigenvalue weighted by molar-refractivity contribution is 1.28. The van der Waals surface area contributed by atoms with Crippen molar-refractivity contribution in [2.45, 2.75) is 27.7 Å². The van der Waals surface area contributed by atoms with Gasteiger partial charge in [-0.3, -0.25) is 0 Å². The van der Waals surface area contributed by atoms with Crippen LogP contribution < -0.4 is 9.80 Å². The van der Waals surface area contributed by atoms with Gasteiger partial charge in [-0.25, -0.2) is 0 Å². The standard InChI is InChI=1S/C42H36N2/c1-29-15-21-35(22-16-29)43(33-11-7-5-8-12-33)41-37-25-19-31(3)27-39(37)42(40-28-32(4)20-26-38(40)41)44(34-13-9-6-10-14-34)36-23-17-30(2)18-24-36/h5-28H,1-4H3. The van der Waals surface area contributed by atoms with Crippen LogP contribution in [0.4, 0.5) is 34.1 Å². The first-order valence-corrected chi connectivity index (χ1v) is 15.3. The SMILES string of the molecule is Cc1ccc(N(c2ccccc2)c2c3ccc(C)cc3c(N(c3ccccc3)c3ccc(C)cc3)c3cc(C)ccc23)cc1. The van der Waals surface area contributed by atoms with E-state index in [1.54, 1.807) is 0 Å². The second-order valence-corrected chi connectivity index (χ2v) is 11.8. The number of nitrogens with zero attached hydrogens (tertiary/aromatic N) is 2. The van der Waals surface area contributed by atoms with E-state index in [9.17, 15) is 0 Å². The zero-order valence-corrected chi connectivity index (χ0v) is 25.8. The number of hydrogen-bond acceptors (Lipinski definition) is 2. The fourth-order valence-corrected chi connectivity index (χ4v) is 6.25. The summed E-state index contributed by atoms with van der Waals surface area (Å²) < 4.78 is 0. The van der Waals surface area contributed by atoms with Gasteiger partial charge < -0.3 is 9.80 Å². The van der Waals surface area contributed by atoms with Gasteiger partial charge in [-0.15, -0.1) is 0 Å². The molecule has 214 valence electrons. The number of anilines is 6. The molecule has 0 N–H and O–H groups in total. The van der Waals surface area contributed by atoms with Crippen LogP contribution in [0.3, 0.4) is 0 Å². The summed E-state index contributed by atoms with van der Waals surface area (Å²) in [6.45, 7) is 8.67. The van der Waals surface area contributed by atoms with Gasteiger partial charge in [0.15, 0.2) is 0 Å². The van der Waals surface area contributed by atoms with Crippen molar-refractivity contribution in [1.29, 1.82) is 0 Å². The Hall–Kier alpha value is -5.34. The minimum absolute atomic E-state index is 1.13. The third kappa shape index (κ3) is 4.99. The molecule has 0 spiro atoms. The minimum atomic E-state index is 1.13. The summed E-state index contributed by atoms with van der Waals surface area (Å²) in [7, 11) is 0. The number of hydrogen-bond donors (Lipinski definition) is 0. The molecule has 0 aliphatic heterocycles. The van der Waals surface area contributed by atoms with Crippen LogP contribution in [0.1, 0.15) is 22.3 Å². The van der Waals surface area contributed by atoms with Crippen LogP contribution in [0.25, 0.3) is 21.5 Å². The van der Waals surface area contributed by atoms with Crippen molar-refractivity contribution >= 4 is 55.7 Å². The summed E-state index contributed by atoms with van der Waals surface area (Å²) >= 11 is 0. The van der Waals surface area contributed by atoms with Gasteiger partial charge in [0.2, 0.25) is 0 Å². The van der Waals surface area contributed by atoms with E-state index >= 15 is 0 Å². The number of rotatable bonds is 6. The van der Waals surface area contributed by atoms with Crippen molar-refractivity contribution < 1.29 is 0 Å². The fraction of sp³-hybridized carbons (Fsp3) is 0.0952. The average Bonchev–Trinajstić information content (AvgIpc) is 3.05. The molecular weight excluding hydrogens is 532 g/mol. The molecule has 0 amide bonds. The van der Waals surface area contributed by atoms with Crippen molar-refractivity contribution in [2.24, 2.45) is 0 Å². The van der Waals surface area contributed by atoms with Gasteiger partial charge in [-0.05, 0) is 88.4 Å². The molecule has 7 rings (SSSR count). The molecule has 7 aromatic carbocycles. The maximum atomic E-state index is 2.44. The summed E-state index contributed by atoms with van der Waals surface area (Å²) in [5.41, 5.74) is 11.9. The summed E-state index contributed by atoms with van der Waals surface area (Å²) in [5.74, 6) is 0. The highest BCUT2D eigenvalue weighted by molar-refractivity contribution is 6.23. The van der Waals surface area contributed by atoms with E-state index in [1.807, 2.05) is 0 Å². The monoisotopic (exact) mass is 568 g/mol. The smallest absolute Gasteiger partial charge is 0.0620 e. The molecule has 2 heteroatoms. The van der Waals surface area contributed by atoms with E-state index in [2.05, 4.69) is 183 Å². The van der Waals surface area contributed by atoms with Crippen LogP contribution in [0.2, 0.25) is 0 Å². The second kappa shape index (κ2) is 11.4. The Kier molecular flexibility index (Phi) is 7.12. The third-order valence-corrected chi connectivity index (χ3v) is 8.43. The Balaban J connectivity index is 1.65. The van der Waals surface area contributed by atoms with Crippen LogP contribution >= 0.6 is 0 Å². The Labute approximate surface area is 260 Å². The van der Waals surface area contributed by atoms with E-state index in [-0.39, 0.29) is 0 Å². The van der Waals surface area contributed by atoms with Gasteiger partial charge in [-0.1, -0.05) is 107 Å². The molecule has 0 radical (unpaired) electrons. The Morgan fingerprint density at radius 1 is 0.295 bits per heavy atom. The van der Waals surface area contributed by atoms with Gasteiger partial charge in [-0.2, -0.15) is 0 Å². The van der Waals surface area contributed by atoms with E-state index in [1.165, 1.54) is 55.2 Å². The molecule has 0 heterocycles. The van der Waals surface area contributed by atoms with Gasteiger partial charge in [0, 0.05) is 44.3 Å². The Bertz CT molecular complexity index is 2020. The first-order valence-electron chi connectivity index (χ1n) is 15.3. The normalized spacial score (nSPS) is 11.2. The molecule has 0 aliphatic rings. The van der Waals surface area contributed by atoms with Crippen LogP contribution in [0.15, 0.2) is 146 Å². The van der Waals surface area contributed by atoms with Crippen molar-refractivity contribution in [1.82, 2.24) is 0 Å². The van der Waals surface area contributed by atoms with Crippen molar-refractivity contribution in [3.05, 3.63) is 168 Å². The molecule has 0 fully saturated rings. The molecule has 0 atom stereocenters. The summed E-state index contributed by atoms with van der Waals surface area (Å²) in [6, 6.07) is 53.1. The van der Waals surface area contributed by atoms with Crippen LogP contribution in [-0.2, 0) is 0 Å². The molecule has 2 nitrogen and oxygen atoms in total. The Morgan fingerprint density at radius 3 is 1.00 bits per heavy atom. The molecule has 0 saturated heterocycles. The molecule has 0 saturated carbocycles. The third-order valence-electron chi connectivity index (χ3n) is 8.43. The van der Waals surface area contributed by atoms with E-state index in [0.29, 0.717) is 0 Å². The number of fused-ring (bicyclic) bond motifs is 2. The summed E-state index contributed by atoms with van der Waals surface area (Å²) in [6.07, 6.45) is 0. The quantitative estimate of drug-likeness (QED) is 0.145. The first kappa shape index (κ1) is 27.5.